The predicted octanol–water partition coefficient (Wildman–Crippen LogP) is 3.74. The molecule has 0 amide bonds. The largest absolute Gasteiger partial charge is 0.458 e. The Balaban J connectivity index is 2.83. The fourth-order valence-electron chi connectivity index (χ4n) is 1.65. The van der Waals surface area contributed by atoms with Crippen LogP contribution in [0.25, 0.3) is 0 Å². The van der Waals surface area contributed by atoms with E-state index in [0.29, 0.717) is 12.0 Å². The highest BCUT2D eigenvalue weighted by Gasteiger charge is 2.27. The second kappa shape index (κ2) is 6.32. The van der Waals surface area contributed by atoms with E-state index < -0.39 is 10.9 Å². The highest BCUT2D eigenvalue weighted by atomic mass is 16.6. The molecule has 108 valence electrons. The normalized spacial score (nSPS) is 12.6. The summed E-state index contributed by atoms with van der Waals surface area (Å²) >= 11 is 0. The van der Waals surface area contributed by atoms with Gasteiger partial charge in [0, 0.05) is 18.6 Å². The second-order valence-corrected chi connectivity index (χ2v) is 5.59. The van der Waals surface area contributed by atoms with Gasteiger partial charge >= 0.3 is 5.97 Å². The van der Waals surface area contributed by atoms with E-state index in [1.807, 2.05) is 20.8 Å². The Morgan fingerprint density at radius 2 is 1.95 bits per heavy atom. The van der Waals surface area contributed by atoms with E-state index in [1.54, 1.807) is 6.08 Å². The Labute approximate surface area is 118 Å². The third-order valence-electron chi connectivity index (χ3n) is 2.91. The van der Waals surface area contributed by atoms with Gasteiger partial charge in [-0.25, -0.2) is 4.79 Å². The van der Waals surface area contributed by atoms with Gasteiger partial charge in [0.25, 0.3) is 5.69 Å². The predicted molar refractivity (Wildman–Crippen MR) is 76.6 cm³/mol. The number of ether oxygens (including phenoxy) is 1. The molecule has 0 radical (unpaired) electrons. The van der Waals surface area contributed by atoms with Gasteiger partial charge in [-0.05, 0) is 17.5 Å². The van der Waals surface area contributed by atoms with E-state index in [4.69, 9.17) is 4.74 Å². The minimum absolute atomic E-state index is 0.0555. The van der Waals surface area contributed by atoms with Crippen LogP contribution in [0.4, 0.5) is 5.69 Å². The number of nitro benzene ring substituents is 1. The molecule has 1 aromatic carbocycles. The van der Waals surface area contributed by atoms with Crippen molar-refractivity contribution in [2.45, 2.75) is 33.3 Å². The average molecular weight is 277 g/mol. The van der Waals surface area contributed by atoms with Crippen molar-refractivity contribution in [3.05, 3.63) is 52.6 Å². The fourth-order valence-corrected chi connectivity index (χ4v) is 1.65. The van der Waals surface area contributed by atoms with Gasteiger partial charge in [0.2, 0.25) is 0 Å². The summed E-state index contributed by atoms with van der Waals surface area (Å²) in [5.41, 5.74) is 0.0406. The van der Waals surface area contributed by atoms with Gasteiger partial charge in [0.1, 0.15) is 6.10 Å². The van der Waals surface area contributed by atoms with Gasteiger partial charge in [-0.3, -0.25) is 10.1 Å². The lowest BCUT2D eigenvalue weighted by Gasteiger charge is -2.29. The summed E-state index contributed by atoms with van der Waals surface area (Å²) < 4.78 is 5.46. The Morgan fingerprint density at radius 3 is 2.35 bits per heavy atom. The van der Waals surface area contributed by atoms with Gasteiger partial charge in [-0.1, -0.05) is 26.8 Å². The molecule has 0 N–H and O–H groups in total. The van der Waals surface area contributed by atoms with Crippen molar-refractivity contribution in [3.63, 3.8) is 0 Å². The summed E-state index contributed by atoms with van der Waals surface area (Å²) in [6.07, 6.45) is 1.98. The van der Waals surface area contributed by atoms with Crippen LogP contribution in [0.1, 0.15) is 37.6 Å². The van der Waals surface area contributed by atoms with Crippen LogP contribution in [0.5, 0.6) is 0 Å². The number of esters is 1. The standard InChI is InChI=1S/C15H19NO4/c1-5-6-13(15(2,3)4)20-14(17)11-7-9-12(10-8-11)16(18)19/h5,7-10,13H,1,6H2,2-4H3/t13-/m1/s1. The summed E-state index contributed by atoms with van der Waals surface area (Å²) in [6.45, 7) is 9.59. The number of non-ortho nitro benzene ring substituents is 1. The first-order valence-electron chi connectivity index (χ1n) is 6.32. The molecule has 1 rings (SSSR count). The number of carbonyl (C=O) groups is 1. The van der Waals surface area contributed by atoms with Crippen molar-refractivity contribution in [2.75, 3.05) is 0 Å². The lowest BCUT2D eigenvalue weighted by Crippen LogP contribution is -2.31. The summed E-state index contributed by atoms with van der Waals surface area (Å²) in [7, 11) is 0. The molecule has 0 fully saturated rings. The molecule has 0 saturated heterocycles. The Morgan fingerprint density at radius 1 is 1.40 bits per heavy atom. The minimum atomic E-state index is -0.509. The first-order chi connectivity index (χ1) is 9.25. The molecule has 5 nitrogen and oxygen atoms in total. The number of carbonyl (C=O) groups excluding carboxylic acids is 1. The zero-order chi connectivity index (χ0) is 15.3. The van der Waals surface area contributed by atoms with E-state index in [2.05, 4.69) is 6.58 Å². The van der Waals surface area contributed by atoms with Crippen molar-refractivity contribution < 1.29 is 14.5 Å². The van der Waals surface area contributed by atoms with Crippen molar-refractivity contribution >= 4 is 11.7 Å². The van der Waals surface area contributed by atoms with E-state index in [0.717, 1.165) is 0 Å². The third kappa shape index (κ3) is 4.19. The van der Waals surface area contributed by atoms with E-state index in [9.17, 15) is 14.9 Å². The van der Waals surface area contributed by atoms with Crippen LogP contribution < -0.4 is 0 Å². The Kier molecular flexibility index (Phi) is 5.02. The molecule has 0 bridgehead atoms. The van der Waals surface area contributed by atoms with Crippen LogP contribution in [0, 0.1) is 15.5 Å². The SMILES string of the molecule is C=CC[C@@H](OC(=O)c1ccc([N+](=O)[O-])cc1)C(C)(C)C. The maximum Gasteiger partial charge on any atom is 0.338 e. The summed E-state index contributed by atoms with van der Waals surface area (Å²) in [6, 6.07) is 5.37. The minimum Gasteiger partial charge on any atom is -0.458 e. The number of benzene rings is 1. The molecular formula is C15H19NO4. The topological polar surface area (TPSA) is 69.4 Å². The molecule has 0 spiro atoms. The zero-order valence-corrected chi connectivity index (χ0v) is 12.0. The maximum atomic E-state index is 12.0. The van der Waals surface area contributed by atoms with Crippen molar-refractivity contribution in [2.24, 2.45) is 5.41 Å². The van der Waals surface area contributed by atoms with Gasteiger partial charge < -0.3 is 4.74 Å². The Hall–Kier alpha value is -2.17. The summed E-state index contributed by atoms with van der Waals surface area (Å²) in [4.78, 5) is 22.1. The van der Waals surface area contributed by atoms with Crippen LogP contribution in [-0.2, 0) is 4.74 Å². The molecule has 0 unspecified atom stereocenters. The van der Waals surface area contributed by atoms with Gasteiger partial charge in [0.05, 0.1) is 10.5 Å². The summed E-state index contributed by atoms with van der Waals surface area (Å²) in [5, 5.41) is 10.6. The average Bonchev–Trinajstić information content (AvgIpc) is 2.37. The second-order valence-electron chi connectivity index (χ2n) is 5.59. The number of rotatable bonds is 5. The quantitative estimate of drug-likeness (QED) is 0.356. The molecule has 0 saturated carbocycles. The lowest BCUT2D eigenvalue weighted by molar-refractivity contribution is -0.384. The van der Waals surface area contributed by atoms with Crippen LogP contribution in [-0.4, -0.2) is 17.0 Å². The molecule has 0 heterocycles. The van der Waals surface area contributed by atoms with Crippen LogP contribution in [0.2, 0.25) is 0 Å². The van der Waals surface area contributed by atoms with Crippen LogP contribution in [0.3, 0.4) is 0 Å². The number of nitrogens with zero attached hydrogens (tertiary/aromatic N) is 1. The Bertz CT molecular complexity index is 500. The molecule has 20 heavy (non-hydrogen) atoms. The zero-order valence-electron chi connectivity index (χ0n) is 12.0. The fraction of sp³-hybridized carbons (Fsp3) is 0.400. The molecule has 0 aliphatic heterocycles. The molecule has 5 heteroatoms. The van der Waals surface area contributed by atoms with E-state index >= 15 is 0 Å². The van der Waals surface area contributed by atoms with Gasteiger partial charge in [-0.2, -0.15) is 0 Å². The molecule has 1 atom stereocenters. The van der Waals surface area contributed by atoms with E-state index in [1.165, 1.54) is 24.3 Å². The molecule has 1 aromatic rings. The highest BCUT2D eigenvalue weighted by Crippen LogP contribution is 2.26. The maximum absolute atomic E-state index is 12.0. The van der Waals surface area contributed by atoms with Crippen molar-refractivity contribution in [1.82, 2.24) is 0 Å². The lowest BCUT2D eigenvalue weighted by atomic mass is 9.87. The van der Waals surface area contributed by atoms with Gasteiger partial charge in [-0.15, -0.1) is 6.58 Å². The molecular weight excluding hydrogens is 258 g/mol. The smallest absolute Gasteiger partial charge is 0.338 e. The molecule has 0 aliphatic carbocycles. The van der Waals surface area contributed by atoms with Crippen molar-refractivity contribution in [1.29, 1.82) is 0 Å². The number of hydrogen-bond acceptors (Lipinski definition) is 4. The van der Waals surface area contributed by atoms with Gasteiger partial charge in [0.15, 0.2) is 0 Å². The molecule has 0 aromatic heterocycles. The first-order valence-corrected chi connectivity index (χ1v) is 6.32. The monoisotopic (exact) mass is 277 g/mol. The third-order valence-corrected chi connectivity index (χ3v) is 2.91. The van der Waals surface area contributed by atoms with Crippen LogP contribution >= 0.6 is 0 Å². The first kappa shape index (κ1) is 15.9. The number of nitro groups is 1. The summed E-state index contributed by atoms with van der Waals surface area (Å²) in [5.74, 6) is -0.485. The highest BCUT2D eigenvalue weighted by molar-refractivity contribution is 5.89. The number of hydrogen-bond donors (Lipinski definition) is 0. The molecule has 0 aliphatic rings. The van der Waals surface area contributed by atoms with Crippen LogP contribution in [0.15, 0.2) is 36.9 Å². The van der Waals surface area contributed by atoms with E-state index in [-0.39, 0.29) is 17.2 Å². The van der Waals surface area contributed by atoms with Crippen molar-refractivity contribution in [3.8, 4) is 0 Å².